The topological polar surface area (TPSA) is 96.7 Å². The molecule has 0 amide bonds. The third-order valence-electron chi connectivity index (χ3n) is 2.15. The van der Waals surface area contributed by atoms with Gasteiger partial charge < -0.3 is 14.9 Å². The molecule has 6 nitrogen and oxygen atoms in total. The first-order chi connectivity index (χ1) is 7.59. The van der Waals surface area contributed by atoms with E-state index in [0.717, 1.165) is 19.0 Å². The minimum Gasteiger partial charge on any atom is -0.487 e. The average Bonchev–Trinajstić information content (AvgIpc) is 3.01. The van der Waals surface area contributed by atoms with Gasteiger partial charge in [0.1, 0.15) is 5.56 Å². The number of carboxylic acid groups (broad SMARTS) is 2. The Balaban J connectivity index is 2.47. The standard InChI is InChI=1S/C10H9NO5/c12-9(13)6-3-4-11-7(10(14)15)8(6)16-5-1-2-5/h3-5H,1-2H2,(H,12,13)(H,14,15). The molecule has 1 heterocycles. The van der Waals surface area contributed by atoms with E-state index in [0.29, 0.717) is 0 Å². The number of carboxylic acids is 2. The summed E-state index contributed by atoms with van der Waals surface area (Å²) in [5.74, 6) is -2.66. The van der Waals surface area contributed by atoms with Gasteiger partial charge in [-0.15, -0.1) is 0 Å². The van der Waals surface area contributed by atoms with Crippen LogP contribution in [0.25, 0.3) is 0 Å². The lowest BCUT2D eigenvalue weighted by atomic mass is 10.2. The molecule has 16 heavy (non-hydrogen) atoms. The number of pyridine rings is 1. The number of hydrogen-bond donors (Lipinski definition) is 2. The summed E-state index contributed by atoms with van der Waals surface area (Å²) in [5.41, 5.74) is -0.522. The number of rotatable bonds is 4. The maximum Gasteiger partial charge on any atom is 0.358 e. The van der Waals surface area contributed by atoms with Gasteiger partial charge in [0.25, 0.3) is 0 Å². The molecule has 1 aliphatic rings. The fourth-order valence-electron chi connectivity index (χ4n) is 1.24. The summed E-state index contributed by atoms with van der Waals surface area (Å²) < 4.78 is 5.29. The number of aromatic nitrogens is 1. The number of ether oxygens (including phenoxy) is 1. The van der Waals surface area contributed by atoms with Crippen LogP contribution in [0.3, 0.4) is 0 Å². The van der Waals surface area contributed by atoms with Crippen LogP contribution in [0.1, 0.15) is 33.7 Å². The summed E-state index contributed by atoms with van der Waals surface area (Å²) in [5, 5.41) is 17.8. The second-order valence-electron chi connectivity index (χ2n) is 3.46. The van der Waals surface area contributed by atoms with Crippen molar-refractivity contribution < 1.29 is 24.5 Å². The fourth-order valence-corrected chi connectivity index (χ4v) is 1.24. The van der Waals surface area contributed by atoms with Crippen LogP contribution in [0.15, 0.2) is 12.3 Å². The van der Waals surface area contributed by atoms with E-state index >= 15 is 0 Å². The van der Waals surface area contributed by atoms with Gasteiger partial charge in [-0.3, -0.25) is 0 Å². The van der Waals surface area contributed by atoms with Gasteiger partial charge in [0.15, 0.2) is 11.4 Å². The van der Waals surface area contributed by atoms with Gasteiger partial charge in [-0.25, -0.2) is 14.6 Å². The quantitative estimate of drug-likeness (QED) is 0.790. The summed E-state index contributed by atoms with van der Waals surface area (Å²) in [4.78, 5) is 25.4. The largest absolute Gasteiger partial charge is 0.487 e. The summed E-state index contributed by atoms with van der Waals surface area (Å²) in [6, 6.07) is 1.23. The molecule has 0 radical (unpaired) electrons. The van der Waals surface area contributed by atoms with E-state index in [1.165, 1.54) is 6.07 Å². The monoisotopic (exact) mass is 223 g/mol. The SMILES string of the molecule is O=C(O)c1ccnc(C(=O)O)c1OC1CC1. The molecule has 1 aromatic heterocycles. The van der Waals surface area contributed by atoms with E-state index in [4.69, 9.17) is 14.9 Å². The Morgan fingerprint density at radius 2 is 2.00 bits per heavy atom. The van der Waals surface area contributed by atoms with Crippen LogP contribution in [0.2, 0.25) is 0 Å². The third kappa shape index (κ3) is 1.95. The smallest absolute Gasteiger partial charge is 0.358 e. The number of carbonyl (C=O) groups is 2. The van der Waals surface area contributed by atoms with Gasteiger partial charge in [-0.2, -0.15) is 0 Å². The van der Waals surface area contributed by atoms with Gasteiger partial charge in [0, 0.05) is 6.20 Å². The highest BCUT2D eigenvalue weighted by molar-refractivity contribution is 5.97. The predicted octanol–water partition coefficient (Wildman–Crippen LogP) is 1.02. The van der Waals surface area contributed by atoms with Crippen LogP contribution in [0, 0.1) is 0 Å². The van der Waals surface area contributed by atoms with Gasteiger partial charge in [-0.1, -0.05) is 0 Å². The van der Waals surface area contributed by atoms with Crippen molar-refractivity contribution in [1.82, 2.24) is 4.98 Å². The van der Waals surface area contributed by atoms with Gasteiger partial charge in [-0.05, 0) is 18.9 Å². The molecule has 2 rings (SSSR count). The van der Waals surface area contributed by atoms with Crippen molar-refractivity contribution in [1.29, 1.82) is 0 Å². The minimum absolute atomic E-state index is 0.0830. The van der Waals surface area contributed by atoms with Crippen LogP contribution in [0.4, 0.5) is 0 Å². The summed E-state index contributed by atoms with van der Waals surface area (Å²) in [7, 11) is 0. The van der Waals surface area contributed by atoms with E-state index in [2.05, 4.69) is 4.98 Å². The van der Waals surface area contributed by atoms with Crippen molar-refractivity contribution in [2.45, 2.75) is 18.9 Å². The fraction of sp³-hybridized carbons (Fsp3) is 0.300. The maximum absolute atomic E-state index is 10.9. The second-order valence-corrected chi connectivity index (χ2v) is 3.46. The molecule has 1 saturated carbocycles. The van der Waals surface area contributed by atoms with Crippen molar-refractivity contribution in [3.05, 3.63) is 23.5 Å². The Labute approximate surface area is 90.5 Å². The van der Waals surface area contributed by atoms with E-state index in [1.54, 1.807) is 0 Å². The molecule has 1 fully saturated rings. The maximum atomic E-state index is 10.9. The Hall–Kier alpha value is -2.11. The molecule has 0 saturated heterocycles. The lowest BCUT2D eigenvalue weighted by molar-refractivity contribution is 0.0682. The van der Waals surface area contributed by atoms with Crippen molar-refractivity contribution in [2.24, 2.45) is 0 Å². The molecule has 2 N–H and O–H groups in total. The Kier molecular flexibility index (Phi) is 2.47. The highest BCUT2D eigenvalue weighted by atomic mass is 16.5. The molecular formula is C10H9NO5. The molecule has 0 atom stereocenters. The van der Waals surface area contributed by atoms with Crippen LogP contribution < -0.4 is 4.74 Å². The number of aromatic carboxylic acids is 2. The summed E-state index contributed by atoms with van der Waals surface area (Å²) in [6.07, 6.45) is 2.69. The van der Waals surface area contributed by atoms with Crippen LogP contribution in [-0.2, 0) is 0 Å². The van der Waals surface area contributed by atoms with Crippen molar-refractivity contribution in [3.63, 3.8) is 0 Å². The molecule has 1 aliphatic carbocycles. The molecular weight excluding hydrogens is 214 g/mol. The van der Waals surface area contributed by atoms with Crippen molar-refractivity contribution >= 4 is 11.9 Å². The zero-order valence-electron chi connectivity index (χ0n) is 8.21. The molecule has 0 aliphatic heterocycles. The lowest BCUT2D eigenvalue weighted by Gasteiger charge is -2.09. The third-order valence-corrected chi connectivity index (χ3v) is 2.15. The summed E-state index contributed by atoms with van der Waals surface area (Å²) >= 11 is 0. The van der Waals surface area contributed by atoms with E-state index in [1.807, 2.05) is 0 Å². The average molecular weight is 223 g/mol. The van der Waals surface area contributed by atoms with E-state index in [-0.39, 0.29) is 23.1 Å². The van der Waals surface area contributed by atoms with Crippen molar-refractivity contribution in [2.75, 3.05) is 0 Å². The minimum atomic E-state index is -1.29. The molecule has 1 aromatic rings. The number of hydrogen-bond acceptors (Lipinski definition) is 4. The Morgan fingerprint density at radius 3 is 2.50 bits per heavy atom. The van der Waals surface area contributed by atoms with Crippen LogP contribution in [-0.4, -0.2) is 33.2 Å². The normalized spacial score (nSPS) is 14.5. The molecule has 84 valence electrons. The molecule has 6 heteroatoms. The zero-order chi connectivity index (χ0) is 11.7. The highest BCUT2D eigenvalue weighted by Gasteiger charge is 2.29. The molecule has 0 spiro atoms. The van der Waals surface area contributed by atoms with Gasteiger partial charge in [0.05, 0.1) is 6.10 Å². The molecule has 0 aromatic carbocycles. The van der Waals surface area contributed by atoms with Gasteiger partial charge in [0.2, 0.25) is 0 Å². The van der Waals surface area contributed by atoms with Crippen LogP contribution in [0.5, 0.6) is 5.75 Å². The van der Waals surface area contributed by atoms with Crippen LogP contribution >= 0.6 is 0 Å². The highest BCUT2D eigenvalue weighted by Crippen LogP contribution is 2.31. The first kappa shape index (κ1) is 10.4. The summed E-state index contributed by atoms with van der Waals surface area (Å²) in [6.45, 7) is 0. The zero-order valence-corrected chi connectivity index (χ0v) is 8.21. The van der Waals surface area contributed by atoms with Crippen molar-refractivity contribution in [3.8, 4) is 5.75 Å². The second kappa shape index (κ2) is 3.80. The van der Waals surface area contributed by atoms with E-state index < -0.39 is 11.9 Å². The van der Waals surface area contributed by atoms with E-state index in [9.17, 15) is 9.59 Å². The Bertz CT molecular complexity index is 420. The lowest BCUT2D eigenvalue weighted by Crippen LogP contribution is -2.12. The first-order valence-electron chi connectivity index (χ1n) is 4.72. The predicted molar refractivity (Wildman–Crippen MR) is 51.8 cm³/mol. The Morgan fingerprint density at radius 1 is 1.31 bits per heavy atom. The first-order valence-corrected chi connectivity index (χ1v) is 4.72. The molecule has 0 unspecified atom stereocenters. The van der Waals surface area contributed by atoms with Gasteiger partial charge >= 0.3 is 11.9 Å². The molecule has 0 bridgehead atoms. The number of nitrogens with zero attached hydrogens (tertiary/aromatic N) is 1.